The Hall–Kier alpha value is -0.0900. The monoisotopic (exact) mass is 284 g/mol. The molecule has 6 heteroatoms. The van der Waals surface area contributed by atoms with Gasteiger partial charge in [-0.05, 0) is 17.7 Å². The summed E-state index contributed by atoms with van der Waals surface area (Å²) in [6.07, 6.45) is 0. The number of esters is 1. The zero-order valence-corrected chi connectivity index (χ0v) is 10.6. The standard InChI is InChI=1S/C9H7Cl3O2S/c10-9(11,12)8(13)14-5-6-1-3-7(15)4-2-6/h1-4,15H,5H2. The van der Waals surface area contributed by atoms with Crippen LogP contribution in [0, 0.1) is 0 Å². The molecule has 0 N–H and O–H groups in total. The molecule has 0 fully saturated rings. The Morgan fingerprint density at radius 2 is 1.80 bits per heavy atom. The number of thiol groups is 1. The Bertz CT molecular complexity index is 345. The van der Waals surface area contributed by atoms with Gasteiger partial charge >= 0.3 is 5.97 Å². The molecule has 0 unspecified atom stereocenters. The number of rotatable bonds is 2. The number of halogens is 3. The Kier molecular flexibility index (Phi) is 4.59. The Morgan fingerprint density at radius 3 is 2.27 bits per heavy atom. The van der Waals surface area contributed by atoms with E-state index in [9.17, 15) is 4.79 Å². The van der Waals surface area contributed by atoms with Crippen LogP contribution in [0.5, 0.6) is 0 Å². The SMILES string of the molecule is O=C(OCc1ccc(S)cc1)C(Cl)(Cl)Cl. The highest BCUT2D eigenvalue weighted by molar-refractivity contribution is 7.80. The van der Waals surface area contributed by atoms with Gasteiger partial charge in [0.05, 0.1) is 0 Å². The van der Waals surface area contributed by atoms with Crippen LogP contribution in [0.25, 0.3) is 0 Å². The van der Waals surface area contributed by atoms with Crippen molar-refractivity contribution in [3.63, 3.8) is 0 Å². The van der Waals surface area contributed by atoms with Crippen LogP contribution in [0.1, 0.15) is 5.56 Å². The van der Waals surface area contributed by atoms with Crippen LogP contribution in [-0.4, -0.2) is 9.76 Å². The molecule has 0 aliphatic carbocycles. The van der Waals surface area contributed by atoms with E-state index in [1.807, 2.05) is 0 Å². The van der Waals surface area contributed by atoms with Crippen molar-refractivity contribution in [3.05, 3.63) is 29.8 Å². The van der Waals surface area contributed by atoms with E-state index in [-0.39, 0.29) is 6.61 Å². The number of alkyl halides is 3. The summed E-state index contributed by atoms with van der Waals surface area (Å²) in [6.45, 7) is 0.0702. The summed E-state index contributed by atoms with van der Waals surface area (Å²) < 4.78 is 2.75. The van der Waals surface area contributed by atoms with Crippen molar-refractivity contribution in [2.75, 3.05) is 0 Å². The Morgan fingerprint density at radius 1 is 1.27 bits per heavy atom. The molecular weight excluding hydrogens is 279 g/mol. The molecule has 0 saturated heterocycles. The second-order valence-electron chi connectivity index (χ2n) is 2.74. The van der Waals surface area contributed by atoms with Gasteiger partial charge in [0.2, 0.25) is 0 Å². The lowest BCUT2D eigenvalue weighted by atomic mass is 10.2. The molecule has 0 radical (unpaired) electrons. The summed E-state index contributed by atoms with van der Waals surface area (Å²) >= 11 is 20.1. The van der Waals surface area contributed by atoms with E-state index in [1.54, 1.807) is 24.3 Å². The highest BCUT2D eigenvalue weighted by Gasteiger charge is 2.32. The molecule has 0 amide bonds. The maximum atomic E-state index is 11.1. The van der Waals surface area contributed by atoms with Crippen LogP contribution >= 0.6 is 47.4 Å². The van der Waals surface area contributed by atoms with Crippen molar-refractivity contribution in [2.24, 2.45) is 0 Å². The van der Waals surface area contributed by atoms with Gasteiger partial charge in [0.25, 0.3) is 3.79 Å². The number of benzene rings is 1. The third-order valence-electron chi connectivity index (χ3n) is 1.54. The zero-order chi connectivity index (χ0) is 11.5. The van der Waals surface area contributed by atoms with Gasteiger partial charge in [-0.3, -0.25) is 0 Å². The van der Waals surface area contributed by atoms with E-state index < -0.39 is 9.76 Å². The van der Waals surface area contributed by atoms with E-state index in [1.165, 1.54) is 0 Å². The molecule has 0 spiro atoms. The second-order valence-corrected chi connectivity index (χ2v) is 5.54. The normalized spacial score (nSPS) is 11.2. The summed E-state index contributed by atoms with van der Waals surface area (Å²) in [6, 6.07) is 7.10. The molecule has 0 heterocycles. The molecule has 0 atom stereocenters. The highest BCUT2D eigenvalue weighted by atomic mass is 35.6. The summed E-state index contributed by atoms with van der Waals surface area (Å²) in [4.78, 5) is 11.9. The third-order valence-corrected chi connectivity index (χ3v) is 2.30. The first-order valence-electron chi connectivity index (χ1n) is 3.91. The van der Waals surface area contributed by atoms with Crippen molar-refractivity contribution in [1.82, 2.24) is 0 Å². The van der Waals surface area contributed by atoms with Gasteiger partial charge in [-0.1, -0.05) is 46.9 Å². The third kappa shape index (κ3) is 4.51. The largest absolute Gasteiger partial charge is 0.458 e. The van der Waals surface area contributed by atoms with Gasteiger partial charge in [0.1, 0.15) is 6.61 Å². The zero-order valence-electron chi connectivity index (χ0n) is 7.41. The van der Waals surface area contributed by atoms with E-state index >= 15 is 0 Å². The van der Waals surface area contributed by atoms with Crippen LogP contribution in [-0.2, 0) is 16.1 Å². The van der Waals surface area contributed by atoms with Gasteiger partial charge in [0.15, 0.2) is 0 Å². The minimum atomic E-state index is -2.02. The predicted octanol–water partition coefficient (Wildman–Crippen LogP) is 3.39. The van der Waals surface area contributed by atoms with Crippen LogP contribution in [0.4, 0.5) is 0 Å². The Balaban J connectivity index is 2.51. The first kappa shape index (κ1) is 13.0. The van der Waals surface area contributed by atoms with E-state index in [0.717, 1.165) is 10.5 Å². The van der Waals surface area contributed by atoms with Crippen molar-refractivity contribution < 1.29 is 9.53 Å². The molecule has 2 nitrogen and oxygen atoms in total. The first-order chi connectivity index (χ1) is 6.89. The minimum Gasteiger partial charge on any atom is -0.458 e. The molecule has 0 aromatic heterocycles. The van der Waals surface area contributed by atoms with Gasteiger partial charge in [-0.2, -0.15) is 0 Å². The average molecular weight is 286 g/mol. The fourth-order valence-corrected chi connectivity index (χ4v) is 1.14. The maximum absolute atomic E-state index is 11.1. The van der Waals surface area contributed by atoms with Gasteiger partial charge in [0, 0.05) is 4.90 Å². The van der Waals surface area contributed by atoms with Crippen LogP contribution in [0.2, 0.25) is 0 Å². The van der Waals surface area contributed by atoms with E-state index in [2.05, 4.69) is 12.6 Å². The quantitative estimate of drug-likeness (QED) is 0.512. The van der Waals surface area contributed by atoms with Gasteiger partial charge < -0.3 is 4.74 Å². The average Bonchev–Trinajstić information content (AvgIpc) is 2.15. The van der Waals surface area contributed by atoms with Gasteiger partial charge in [-0.25, -0.2) is 4.79 Å². The topological polar surface area (TPSA) is 26.3 Å². The summed E-state index contributed by atoms with van der Waals surface area (Å²) in [5, 5.41) is 0. The summed E-state index contributed by atoms with van der Waals surface area (Å²) in [7, 11) is 0. The van der Waals surface area contributed by atoms with Crippen molar-refractivity contribution in [1.29, 1.82) is 0 Å². The smallest absolute Gasteiger partial charge is 0.358 e. The Labute approximate surface area is 108 Å². The molecule has 15 heavy (non-hydrogen) atoms. The van der Waals surface area contributed by atoms with Crippen molar-refractivity contribution in [3.8, 4) is 0 Å². The molecule has 1 aromatic rings. The summed E-state index contributed by atoms with van der Waals surface area (Å²) in [5.74, 6) is -0.887. The number of carbonyl (C=O) groups is 1. The second kappa shape index (κ2) is 5.30. The lowest BCUT2D eigenvalue weighted by molar-refractivity contribution is -0.143. The molecule has 0 aliphatic rings. The van der Waals surface area contributed by atoms with Crippen molar-refractivity contribution in [2.45, 2.75) is 15.3 Å². The molecule has 1 rings (SSSR count). The predicted molar refractivity (Wildman–Crippen MR) is 63.8 cm³/mol. The lowest BCUT2D eigenvalue weighted by Gasteiger charge is -2.10. The van der Waals surface area contributed by atoms with Crippen LogP contribution in [0.3, 0.4) is 0 Å². The fraction of sp³-hybridized carbons (Fsp3) is 0.222. The van der Waals surface area contributed by atoms with Gasteiger partial charge in [-0.15, -0.1) is 12.6 Å². The molecule has 1 aromatic carbocycles. The van der Waals surface area contributed by atoms with E-state index in [0.29, 0.717) is 0 Å². The fourth-order valence-electron chi connectivity index (χ4n) is 0.823. The maximum Gasteiger partial charge on any atom is 0.358 e. The molecule has 82 valence electrons. The van der Waals surface area contributed by atoms with Crippen LogP contribution in [0.15, 0.2) is 29.2 Å². The highest BCUT2D eigenvalue weighted by Crippen LogP contribution is 2.27. The number of hydrogen-bond acceptors (Lipinski definition) is 3. The first-order valence-corrected chi connectivity index (χ1v) is 5.49. The lowest BCUT2D eigenvalue weighted by Crippen LogP contribution is -2.21. The number of ether oxygens (including phenoxy) is 1. The number of carbonyl (C=O) groups excluding carboxylic acids is 1. The van der Waals surface area contributed by atoms with E-state index in [4.69, 9.17) is 39.5 Å². The van der Waals surface area contributed by atoms with Crippen LogP contribution < -0.4 is 0 Å². The molecule has 0 bridgehead atoms. The molecular formula is C9H7Cl3O2S. The summed E-state index contributed by atoms with van der Waals surface area (Å²) in [5.41, 5.74) is 0.801. The molecule has 0 aliphatic heterocycles. The molecule has 0 saturated carbocycles. The minimum absolute atomic E-state index is 0.0702. The van der Waals surface area contributed by atoms with Crippen molar-refractivity contribution >= 4 is 53.4 Å². The number of hydrogen-bond donors (Lipinski definition) is 1.